The Hall–Kier alpha value is -3.62. The minimum absolute atomic E-state index is 0.201. The molecule has 1 saturated heterocycles. The van der Waals surface area contributed by atoms with Gasteiger partial charge in [0.25, 0.3) is 11.8 Å². The second kappa shape index (κ2) is 11.2. The normalized spacial score (nSPS) is 14.7. The van der Waals surface area contributed by atoms with Gasteiger partial charge in [-0.2, -0.15) is 0 Å². The molecule has 0 aliphatic carbocycles. The molecule has 1 aliphatic heterocycles. The maximum absolute atomic E-state index is 13.2. The van der Waals surface area contributed by atoms with Crippen LogP contribution in [-0.4, -0.2) is 24.5 Å². The van der Waals surface area contributed by atoms with Crippen LogP contribution in [0.4, 0.5) is 10.5 Å². The average Bonchev–Trinajstić information content (AvgIpc) is 2.84. The van der Waals surface area contributed by atoms with Crippen LogP contribution in [0.25, 0.3) is 6.08 Å². The van der Waals surface area contributed by atoms with Crippen LogP contribution in [-0.2, 0) is 16.2 Å². The number of imide groups is 2. The second-order valence-corrected chi connectivity index (χ2v) is 9.70. The van der Waals surface area contributed by atoms with Crippen molar-refractivity contribution in [3.8, 4) is 11.5 Å². The van der Waals surface area contributed by atoms with E-state index in [-0.39, 0.29) is 11.3 Å². The van der Waals surface area contributed by atoms with Crippen molar-refractivity contribution in [2.45, 2.75) is 27.4 Å². The maximum Gasteiger partial charge on any atom is 0.335 e. The van der Waals surface area contributed by atoms with Gasteiger partial charge in [-0.15, -0.1) is 0 Å². The molecular formula is C28H24BrClN2O5. The van der Waals surface area contributed by atoms with Gasteiger partial charge >= 0.3 is 6.03 Å². The summed E-state index contributed by atoms with van der Waals surface area (Å²) in [6.45, 7) is 6.66. The molecule has 0 radical (unpaired) electrons. The summed E-state index contributed by atoms with van der Waals surface area (Å²) in [5, 5.41) is 2.67. The highest BCUT2D eigenvalue weighted by Crippen LogP contribution is 2.38. The average molecular weight is 584 g/mol. The highest BCUT2D eigenvalue weighted by atomic mass is 79.9. The first-order chi connectivity index (χ1) is 17.7. The molecule has 0 bridgehead atoms. The van der Waals surface area contributed by atoms with E-state index in [1.54, 1.807) is 24.3 Å². The summed E-state index contributed by atoms with van der Waals surface area (Å²) >= 11 is 9.46. The zero-order chi connectivity index (χ0) is 26.7. The molecule has 1 N–H and O–H groups in total. The fourth-order valence-corrected chi connectivity index (χ4v) is 4.47. The number of benzene rings is 3. The Bertz CT molecular complexity index is 1420. The van der Waals surface area contributed by atoms with Crippen molar-refractivity contribution in [2.24, 2.45) is 0 Å². The summed E-state index contributed by atoms with van der Waals surface area (Å²) in [5.41, 5.74) is 3.99. The second-order valence-electron chi connectivity index (χ2n) is 8.40. The number of nitrogens with zero attached hydrogens (tertiary/aromatic N) is 1. The highest BCUT2D eigenvalue weighted by molar-refractivity contribution is 9.10. The van der Waals surface area contributed by atoms with E-state index in [1.807, 2.05) is 26.0 Å². The van der Waals surface area contributed by atoms with Crippen molar-refractivity contribution in [1.82, 2.24) is 5.32 Å². The van der Waals surface area contributed by atoms with Gasteiger partial charge in [0.15, 0.2) is 11.5 Å². The predicted octanol–water partition coefficient (Wildman–Crippen LogP) is 6.36. The predicted molar refractivity (Wildman–Crippen MR) is 146 cm³/mol. The first-order valence-corrected chi connectivity index (χ1v) is 12.7. The van der Waals surface area contributed by atoms with Gasteiger partial charge in [-0.1, -0.05) is 29.8 Å². The van der Waals surface area contributed by atoms with Gasteiger partial charge in [0, 0.05) is 5.02 Å². The molecule has 4 amide bonds. The Labute approximate surface area is 228 Å². The van der Waals surface area contributed by atoms with Crippen molar-refractivity contribution in [3.05, 3.63) is 91.9 Å². The molecular weight excluding hydrogens is 560 g/mol. The van der Waals surface area contributed by atoms with Crippen LogP contribution in [0, 0.1) is 13.8 Å². The summed E-state index contributed by atoms with van der Waals surface area (Å²) in [6.07, 6.45) is 1.41. The fourth-order valence-electron chi connectivity index (χ4n) is 3.77. The molecule has 0 atom stereocenters. The van der Waals surface area contributed by atoms with Gasteiger partial charge in [-0.3, -0.25) is 14.9 Å². The van der Waals surface area contributed by atoms with Crippen LogP contribution in [0.2, 0.25) is 5.02 Å². The number of hydrogen-bond acceptors (Lipinski definition) is 5. The van der Waals surface area contributed by atoms with Crippen LogP contribution in [0.1, 0.15) is 29.2 Å². The van der Waals surface area contributed by atoms with Gasteiger partial charge < -0.3 is 9.47 Å². The summed E-state index contributed by atoms with van der Waals surface area (Å²) < 4.78 is 12.5. The summed E-state index contributed by atoms with van der Waals surface area (Å²) in [4.78, 5) is 39.1. The molecule has 3 aromatic rings. The van der Waals surface area contributed by atoms with Crippen molar-refractivity contribution >= 4 is 57.1 Å². The van der Waals surface area contributed by atoms with E-state index in [2.05, 4.69) is 34.2 Å². The number of anilines is 1. The molecule has 190 valence electrons. The molecule has 37 heavy (non-hydrogen) atoms. The lowest BCUT2D eigenvalue weighted by molar-refractivity contribution is -0.122. The molecule has 3 aromatic carbocycles. The number of nitrogens with one attached hydrogen (secondary N) is 1. The third kappa shape index (κ3) is 5.87. The number of hydrogen-bond donors (Lipinski definition) is 1. The Morgan fingerprint density at radius 3 is 2.38 bits per heavy atom. The van der Waals surface area contributed by atoms with Gasteiger partial charge in [-0.05, 0) is 101 Å². The topological polar surface area (TPSA) is 84.9 Å². The lowest BCUT2D eigenvalue weighted by Crippen LogP contribution is -2.54. The Kier molecular flexibility index (Phi) is 8.00. The zero-order valence-electron chi connectivity index (χ0n) is 20.4. The van der Waals surface area contributed by atoms with E-state index in [9.17, 15) is 14.4 Å². The number of carbonyl (C=O) groups is 3. The number of carbonyl (C=O) groups excluding carboxylic acids is 3. The van der Waals surface area contributed by atoms with Crippen LogP contribution in [0.3, 0.4) is 0 Å². The SMILES string of the molecule is CCOc1cc(/C=C2\C(=O)NC(=O)N(c3ccc(Cl)cc3)C2=O)cc(Br)c1OCc1ccc(C)c(C)c1. The van der Waals surface area contributed by atoms with Crippen molar-refractivity contribution < 1.29 is 23.9 Å². The minimum atomic E-state index is -0.833. The van der Waals surface area contributed by atoms with Crippen molar-refractivity contribution in [1.29, 1.82) is 0 Å². The minimum Gasteiger partial charge on any atom is -0.490 e. The largest absolute Gasteiger partial charge is 0.490 e. The van der Waals surface area contributed by atoms with E-state index >= 15 is 0 Å². The number of urea groups is 1. The van der Waals surface area contributed by atoms with Crippen molar-refractivity contribution in [2.75, 3.05) is 11.5 Å². The zero-order valence-corrected chi connectivity index (χ0v) is 22.8. The molecule has 0 aromatic heterocycles. The Morgan fingerprint density at radius 1 is 0.973 bits per heavy atom. The Balaban J connectivity index is 1.65. The maximum atomic E-state index is 13.2. The first-order valence-electron chi connectivity index (χ1n) is 11.5. The molecule has 1 aliphatic rings. The van der Waals surface area contributed by atoms with E-state index in [0.29, 0.717) is 39.8 Å². The van der Waals surface area contributed by atoms with Gasteiger partial charge in [-0.25, -0.2) is 9.69 Å². The van der Waals surface area contributed by atoms with Crippen molar-refractivity contribution in [3.63, 3.8) is 0 Å². The number of barbiturate groups is 1. The van der Waals surface area contributed by atoms with Crippen LogP contribution < -0.4 is 19.7 Å². The fraction of sp³-hybridized carbons (Fsp3) is 0.179. The molecule has 7 nitrogen and oxygen atoms in total. The number of halogens is 2. The lowest BCUT2D eigenvalue weighted by atomic mass is 10.1. The van der Waals surface area contributed by atoms with E-state index in [4.69, 9.17) is 21.1 Å². The number of aryl methyl sites for hydroxylation is 2. The molecule has 9 heteroatoms. The summed E-state index contributed by atoms with van der Waals surface area (Å²) in [7, 11) is 0. The van der Waals surface area contributed by atoms with Gasteiger partial charge in [0.1, 0.15) is 12.2 Å². The van der Waals surface area contributed by atoms with E-state index in [0.717, 1.165) is 10.5 Å². The highest BCUT2D eigenvalue weighted by Gasteiger charge is 2.36. The summed E-state index contributed by atoms with van der Waals surface area (Å²) in [5.74, 6) is -0.592. The number of ether oxygens (including phenoxy) is 2. The van der Waals surface area contributed by atoms with E-state index < -0.39 is 17.8 Å². The number of amides is 4. The van der Waals surface area contributed by atoms with Gasteiger partial charge in [0.2, 0.25) is 0 Å². The third-order valence-corrected chi connectivity index (χ3v) is 6.62. The first kappa shape index (κ1) is 26.4. The summed E-state index contributed by atoms with van der Waals surface area (Å²) in [6, 6.07) is 14.9. The third-order valence-electron chi connectivity index (χ3n) is 5.78. The van der Waals surface area contributed by atoms with Crippen LogP contribution in [0.5, 0.6) is 11.5 Å². The van der Waals surface area contributed by atoms with Gasteiger partial charge in [0.05, 0.1) is 16.8 Å². The van der Waals surface area contributed by atoms with Crippen LogP contribution in [0.15, 0.2) is 64.6 Å². The quantitative estimate of drug-likeness (QED) is 0.258. The Morgan fingerprint density at radius 2 is 1.70 bits per heavy atom. The lowest BCUT2D eigenvalue weighted by Gasteiger charge is -2.26. The monoisotopic (exact) mass is 582 g/mol. The molecule has 0 saturated carbocycles. The molecule has 0 spiro atoms. The number of rotatable bonds is 7. The smallest absolute Gasteiger partial charge is 0.335 e. The molecule has 4 rings (SSSR count). The van der Waals surface area contributed by atoms with E-state index in [1.165, 1.54) is 29.3 Å². The molecule has 1 fully saturated rings. The molecule has 0 unspecified atom stereocenters. The molecule has 1 heterocycles. The standard InChI is InChI=1S/C28H24BrClN2O5/c1-4-36-24-14-19(13-23(29)25(24)37-15-18-6-5-16(2)17(3)11-18)12-22-26(33)31-28(35)32(27(22)34)21-9-7-20(30)8-10-21/h5-14H,4,15H2,1-3H3,(H,31,33,35)/b22-12+. The van der Waals surface area contributed by atoms with Crippen LogP contribution >= 0.6 is 27.5 Å².